The molecule has 2 amide bonds. The molecular weight excluding hydrogens is 488 g/mol. The van der Waals surface area contributed by atoms with Gasteiger partial charge in [0.1, 0.15) is 11.7 Å². The van der Waals surface area contributed by atoms with Crippen molar-refractivity contribution in [2.75, 3.05) is 49.6 Å². The zero-order valence-corrected chi connectivity index (χ0v) is 22.8. The van der Waals surface area contributed by atoms with Gasteiger partial charge in [-0.25, -0.2) is 4.98 Å². The number of nitrogens with zero attached hydrogens (tertiary/aromatic N) is 6. The Balaban J connectivity index is 1.83. The van der Waals surface area contributed by atoms with Gasteiger partial charge in [0.05, 0.1) is 16.3 Å². The maximum atomic E-state index is 12.7. The number of carbonyl (C=O) groups is 2. The van der Waals surface area contributed by atoms with Crippen LogP contribution in [0, 0.1) is 0 Å². The summed E-state index contributed by atoms with van der Waals surface area (Å²) in [5, 5.41) is 0.524. The summed E-state index contributed by atoms with van der Waals surface area (Å²) < 4.78 is 0. The smallest absolute Gasteiger partial charge is 0.246 e. The van der Waals surface area contributed by atoms with Crippen LogP contribution >= 0.6 is 11.6 Å². The molecular formula is C28H35ClN6O2. The molecule has 0 spiro atoms. The number of anilines is 3. The van der Waals surface area contributed by atoms with Gasteiger partial charge in [0.15, 0.2) is 5.82 Å². The fourth-order valence-electron chi connectivity index (χ4n) is 4.99. The van der Waals surface area contributed by atoms with Crippen molar-refractivity contribution in [3.8, 4) is 0 Å². The fraction of sp³-hybridized carbons (Fsp3) is 0.429. The second kappa shape index (κ2) is 11.3. The maximum absolute atomic E-state index is 12.7. The van der Waals surface area contributed by atoms with E-state index >= 15 is 0 Å². The van der Waals surface area contributed by atoms with Crippen LogP contribution in [-0.2, 0) is 9.59 Å². The van der Waals surface area contributed by atoms with E-state index in [0.29, 0.717) is 47.7 Å². The third-order valence-corrected chi connectivity index (χ3v) is 7.36. The molecule has 0 aliphatic carbocycles. The Morgan fingerprint density at radius 3 is 2.54 bits per heavy atom. The summed E-state index contributed by atoms with van der Waals surface area (Å²) in [7, 11) is 1.73. The van der Waals surface area contributed by atoms with E-state index in [0.717, 1.165) is 37.2 Å². The number of aromatic nitrogens is 1. The van der Waals surface area contributed by atoms with Crippen molar-refractivity contribution in [3.05, 3.63) is 59.1 Å². The molecule has 2 aliphatic heterocycles. The molecule has 3 heterocycles. The molecule has 0 bridgehead atoms. The first-order valence-corrected chi connectivity index (χ1v) is 13.1. The molecule has 2 aliphatic rings. The van der Waals surface area contributed by atoms with Crippen LogP contribution in [0.15, 0.2) is 48.0 Å². The van der Waals surface area contributed by atoms with Crippen molar-refractivity contribution in [1.29, 1.82) is 0 Å². The average molecular weight is 523 g/mol. The van der Waals surface area contributed by atoms with Crippen molar-refractivity contribution < 1.29 is 9.59 Å². The number of hydrogen-bond acceptors (Lipinski definition) is 5. The first-order chi connectivity index (χ1) is 17.8. The van der Waals surface area contributed by atoms with E-state index in [-0.39, 0.29) is 17.9 Å². The molecule has 196 valence electrons. The standard InChI is InChI=1S/C28H35ClN6O2/c1-6-25(37)33-14-15-34(20(4)17-33)26(30-5)22-16-23(29)28(32-12-9-13-32)31-27(22)35(18-36)24-11-8-7-10-21(24)19(2)3/h6-8,10-11,16,18-20H,1,9,12-15,17H2,2-5H3/b30-26+. The largest absolute Gasteiger partial charge is 0.355 e. The average Bonchev–Trinajstić information content (AvgIpc) is 2.86. The number of aliphatic imine (C=N–C) groups is 1. The lowest BCUT2D eigenvalue weighted by atomic mass is 10.00. The number of halogens is 1. The summed E-state index contributed by atoms with van der Waals surface area (Å²) in [6.45, 7) is 13.3. The van der Waals surface area contributed by atoms with Crippen LogP contribution in [0.5, 0.6) is 0 Å². The molecule has 37 heavy (non-hydrogen) atoms. The Morgan fingerprint density at radius 1 is 1.24 bits per heavy atom. The number of para-hydroxylation sites is 1. The third-order valence-electron chi connectivity index (χ3n) is 7.08. The number of benzene rings is 1. The van der Waals surface area contributed by atoms with Crippen molar-refractivity contribution in [1.82, 2.24) is 14.8 Å². The summed E-state index contributed by atoms with van der Waals surface area (Å²) in [5.74, 6) is 1.98. The minimum Gasteiger partial charge on any atom is -0.355 e. The first-order valence-electron chi connectivity index (χ1n) is 12.7. The van der Waals surface area contributed by atoms with E-state index < -0.39 is 0 Å². The molecule has 0 N–H and O–H groups in total. The van der Waals surface area contributed by atoms with E-state index in [4.69, 9.17) is 16.6 Å². The number of carbonyl (C=O) groups excluding carboxylic acids is 2. The molecule has 2 saturated heterocycles. The van der Waals surface area contributed by atoms with Crippen molar-refractivity contribution in [2.24, 2.45) is 4.99 Å². The lowest BCUT2D eigenvalue weighted by Gasteiger charge is -2.42. The van der Waals surface area contributed by atoms with Gasteiger partial charge in [-0.1, -0.05) is 50.2 Å². The Hall–Kier alpha value is -3.39. The number of amides is 2. The predicted octanol–water partition coefficient (Wildman–Crippen LogP) is 4.46. The second-order valence-corrected chi connectivity index (χ2v) is 10.2. The predicted molar refractivity (Wildman–Crippen MR) is 150 cm³/mol. The Kier molecular flexibility index (Phi) is 8.17. The summed E-state index contributed by atoms with van der Waals surface area (Å²) in [6.07, 6.45) is 3.25. The van der Waals surface area contributed by atoms with Crippen LogP contribution in [0.4, 0.5) is 17.3 Å². The molecule has 2 fully saturated rings. The summed E-state index contributed by atoms with van der Waals surface area (Å²) in [6, 6.07) is 9.76. The Morgan fingerprint density at radius 2 is 1.97 bits per heavy atom. The molecule has 8 nitrogen and oxygen atoms in total. The van der Waals surface area contributed by atoms with Crippen LogP contribution in [0.25, 0.3) is 0 Å². The molecule has 1 aromatic heterocycles. The van der Waals surface area contributed by atoms with Crippen LogP contribution < -0.4 is 9.80 Å². The van der Waals surface area contributed by atoms with Gasteiger partial charge < -0.3 is 14.7 Å². The molecule has 9 heteroatoms. The van der Waals surface area contributed by atoms with Crippen LogP contribution in [-0.4, -0.2) is 78.7 Å². The quantitative estimate of drug-likeness (QED) is 0.232. The SMILES string of the molecule is C=CC(=O)N1CCN(/C(=N/C)c2cc(Cl)c(N3CCC3)nc2N(C=O)c2ccccc2C(C)C)C(C)C1. The van der Waals surface area contributed by atoms with Crippen LogP contribution in [0.1, 0.15) is 44.2 Å². The number of pyridine rings is 1. The Labute approximate surface area is 224 Å². The van der Waals surface area contributed by atoms with E-state index in [1.165, 1.54) is 6.08 Å². The van der Waals surface area contributed by atoms with Gasteiger partial charge in [-0.3, -0.25) is 19.5 Å². The number of rotatable bonds is 7. The van der Waals surface area contributed by atoms with Gasteiger partial charge in [0.25, 0.3) is 0 Å². The normalized spacial score (nSPS) is 18.1. The number of amidine groups is 1. The summed E-state index contributed by atoms with van der Waals surface area (Å²) in [4.78, 5) is 42.3. The molecule has 0 radical (unpaired) electrons. The minimum absolute atomic E-state index is 0.00864. The second-order valence-electron chi connectivity index (χ2n) is 9.77. The van der Waals surface area contributed by atoms with E-state index in [2.05, 4.69) is 42.1 Å². The van der Waals surface area contributed by atoms with Crippen LogP contribution in [0.3, 0.4) is 0 Å². The highest BCUT2D eigenvalue weighted by molar-refractivity contribution is 6.33. The molecule has 2 aromatic rings. The van der Waals surface area contributed by atoms with Gasteiger partial charge >= 0.3 is 0 Å². The van der Waals surface area contributed by atoms with E-state index in [1.807, 2.05) is 30.3 Å². The van der Waals surface area contributed by atoms with Gasteiger partial charge in [-0.15, -0.1) is 0 Å². The lowest BCUT2D eigenvalue weighted by Crippen LogP contribution is -2.55. The van der Waals surface area contributed by atoms with Gasteiger partial charge in [0, 0.05) is 45.8 Å². The molecule has 4 rings (SSSR count). The number of piperazine rings is 1. The highest BCUT2D eigenvalue weighted by Gasteiger charge is 2.32. The van der Waals surface area contributed by atoms with Crippen molar-refractivity contribution in [2.45, 2.75) is 39.2 Å². The van der Waals surface area contributed by atoms with Crippen molar-refractivity contribution >= 4 is 47.1 Å². The lowest BCUT2D eigenvalue weighted by molar-refractivity contribution is -0.128. The monoisotopic (exact) mass is 522 g/mol. The zero-order chi connectivity index (χ0) is 26.7. The molecule has 0 saturated carbocycles. The van der Waals surface area contributed by atoms with Gasteiger partial charge in [-0.05, 0) is 43.0 Å². The van der Waals surface area contributed by atoms with Gasteiger partial charge in [-0.2, -0.15) is 0 Å². The first kappa shape index (κ1) is 26.7. The molecule has 1 unspecified atom stereocenters. The highest BCUT2D eigenvalue weighted by Crippen LogP contribution is 2.38. The fourth-order valence-corrected chi connectivity index (χ4v) is 5.26. The van der Waals surface area contributed by atoms with E-state index in [1.54, 1.807) is 16.8 Å². The minimum atomic E-state index is -0.0804. The van der Waals surface area contributed by atoms with Crippen molar-refractivity contribution in [3.63, 3.8) is 0 Å². The summed E-state index contributed by atoms with van der Waals surface area (Å²) in [5.41, 5.74) is 2.50. The van der Waals surface area contributed by atoms with Crippen LogP contribution in [0.2, 0.25) is 5.02 Å². The Bertz CT molecular complexity index is 1210. The van der Waals surface area contributed by atoms with E-state index in [9.17, 15) is 9.59 Å². The zero-order valence-electron chi connectivity index (χ0n) is 22.0. The molecule has 1 atom stereocenters. The maximum Gasteiger partial charge on any atom is 0.246 e. The topological polar surface area (TPSA) is 72.4 Å². The third kappa shape index (κ3) is 5.21. The highest BCUT2D eigenvalue weighted by atomic mass is 35.5. The molecule has 1 aromatic carbocycles. The van der Waals surface area contributed by atoms with Gasteiger partial charge in [0.2, 0.25) is 12.3 Å². The number of hydrogen-bond donors (Lipinski definition) is 0. The summed E-state index contributed by atoms with van der Waals surface area (Å²) >= 11 is 6.80.